The third-order valence-corrected chi connectivity index (χ3v) is 8.19. The number of carboxylic acids is 1. The van der Waals surface area contributed by atoms with Gasteiger partial charge in [0.05, 0.1) is 5.92 Å². The molecule has 1 aromatic carbocycles. The SMILES string of the molecule is C1CCC(NC2CCCCC2)CC1.CCCCCCCC[C@H](CNC(C)C(=O)OCc1ccccc1)C(=O)O. The van der Waals surface area contributed by atoms with Gasteiger partial charge in [-0.3, -0.25) is 9.59 Å². The van der Waals surface area contributed by atoms with Gasteiger partial charge in [0.25, 0.3) is 0 Å². The van der Waals surface area contributed by atoms with E-state index < -0.39 is 17.9 Å². The first-order valence-electron chi connectivity index (χ1n) is 15.9. The minimum Gasteiger partial charge on any atom is -0.481 e. The normalized spacial score (nSPS) is 18.0. The van der Waals surface area contributed by atoms with Gasteiger partial charge in [-0.2, -0.15) is 0 Å². The molecule has 6 heteroatoms. The van der Waals surface area contributed by atoms with E-state index in [2.05, 4.69) is 17.6 Å². The first-order chi connectivity index (χ1) is 19.0. The minimum atomic E-state index is -0.809. The summed E-state index contributed by atoms with van der Waals surface area (Å²) in [4.78, 5) is 23.4. The molecule has 1 aromatic rings. The molecule has 0 saturated heterocycles. The highest BCUT2D eigenvalue weighted by Crippen LogP contribution is 2.22. The predicted molar refractivity (Wildman–Crippen MR) is 160 cm³/mol. The van der Waals surface area contributed by atoms with E-state index in [9.17, 15) is 14.7 Å². The van der Waals surface area contributed by atoms with Crippen LogP contribution >= 0.6 is 0 Å². The molecule has 0 radical (unpaired) electrons. The molecule has 1 unspecified atom stereocenters. The fraction of sp³-hybridized carbons (Fsp3) is 0.758. The van der Waals surface area contributed by atoms with Crippen LogP contribution in [0.1, 0.15) is 129 Å². The number of aliphatic carboxylic acids is 1. The van der Waals surface area contributed by atoms with Crippen LogP contribution < -0.4 is 10.6 Å². The van der Waals surface area contributed by atoms with Crippen molar-refractivity contribution in [2.75, 3.05) is 6.54 Å². The standard InChI is InChI=1S/C21H33NO4.C12H23N/c1-3-4-5-6-7-11-14-19(20(23)24)15-22-17(2)21(25)26-16-18-12-9-8-10-13-18;1-3-7-11(8-4-1)13-12-9-5-2-6-10-12/h8-10,12-13,17,19,22H,3-7,11,14-16H2,1-2H3,(H,23,24);11-13H,1-10H2/t17?,19-;/m1./s1. The van der Waals surface area contributed by atoms with Crippen LogP contribution in [0.4, 0.5) is 0 Å². The summed E-state index contributed by atoms with van der Waals surface area (Å²) in [7, 11) is 0. The van der Waals surface area contributed by atoms with Crippen LogP contribution in [0.3, 0.4) is 0 Å². The number of hydrogen-bond donors (Lipinski definition) is 3. The fourth-order valence-corrected chi connectivity index (χ4v) is 5.61. The maximum Gasteiger partial charge on any atom is 0.323 e. The van der Waals surface area contributed by atoms with Crippen LogP contribution in [-0.4, -0.2) is 41.7 Å². The van der Waals surface area contributed by atoms with Gasteiger partial charge < -0.3 is 20.5 Å². The third kappa shape index (κ3) is 15.4. The van der Waals surface area contributed by atoms with Gasteiger partial charge in [0, 0.05) is 18.6 Å². The smallest absolute Gasteiger partial charge is 0.323 e. The largest absolute Gasteiger partial charge is 0.481 e. The molecule has 2 aliphatic carbocycles. The number of unbranched alkanes of at least 4 members (excludes halogenated alkanes) is 5. The van der Waals surface area contributed by atoms with Crippen molar-refractivity contribution in [1.82, 2.24) is 10.6 Å². The van der Waals surface area contributed by atoms with Gasteiger partial charge in [0.15, 0.2) is 0 Å². The van der Waals surface area contributed by atoms with Gasteiger partial charge in [0.2, 0.25) is 0 Å². The number of nitrogens with one attached hydrogen (secondary N) is 2. The summed E-state index contributed by atoms with van der Waals surface area (Å²) in [6.45, 7) is 4.40. The molecule has 0 spiro atoms. The van der Waals surface area contributed by atoms with Crippen LogP contribution in [0, 0.1) is 5.92 Å². The highest BCUT2D eigenvalue weighted by atomic mass is 16.5. The maximum absolute atomic E-state index is 12.0. The maximum atomic E-state index is 12.0. The summed E-state index contributed by atoms with van der Waals surface area (Å²) < 4.78 is 5.27. The first-order valence-corrected chi connectivity index (χ1v) is 15.9. The monoisotopic (exact) mass is 544 g/mol. The zero-order chi connectivity index (χ0) is 28.1. The van der Waals surface area contributed by atoms with Crippen molar-refractivity contribution in [1.29, 1.82) is 0 Å². The van der Waals surface area contributed by atoms with E-state index in [0.29, 0.717) is 6.42 Å². The topological polar surface area (TPSA) is 87.7 Å². The Morgan fingerprint density at radius 2 is 1.44 bits per heavy atom. The molecule has 0 bridgehead atoms. The molecule has 0 aromatic heterocycles. The van der Waals surface area contributed by atoms with Crippen molar-refractivity contribution < 1.29 is 19.4 Å². The Hall–Kier alpha value is -1.92. The Morgan fingerprint density at radius 3 is 2.00 bits per heavy atom. The zero-order valence-corrected chi connectivity index (χ0v) is 24.8. The second-order valence-corrected chi connectivity index (χ2v) is 11.7. The fourth-order valence-electron chi connectivity index (χ4n) is 5.61. The van der Waals surface area contributed by atoms with E-state index in [-0.39, 0.29) is 19.1 Å². The number of ether oxygens (including phenoxy) is 1. The Balaban J connectivity index is 0.000000338. The zero-order valence-electron chi connectivity index (χ0n) is 24.8. The van der Waals surface area contributed by atoms with Gasteiger partial charge in [-0.1, -0.05) is 114 Å². The number of hydrogen-bond acceptors (Lipinski definition) is 5. The minimum absolute atomic E-state index is 0.228. The number of carboxylic acid groups (broad SMARTS) is 1. The quantitative estimate of drug-likeness (QED) is 0.148. The molecule has 2 fully saturated rings. The van der Waals surface area contributed by atoms with E-state index in [1.165, 1.54) is 83.5 Å². The summed E-state index contributed by atoms with van der Waals surface area (Å²) >= 11 is 0. The van der Waals surface area contributed by atoms with E-state index in [1.807, 2.05) is 30.3 Å². The number of rotatable bonds is 16. The number of esters is 1. The molecule has 6 nitrogen and oxygen atoms in total. The third-order valence-electron chi connectivity index (χ3n) is 8.19. The van der Waals surface area contributed by atoms with E-state index in [1.54, 1.807) is 6.92 Å². The lowest BCUT2D eigenvalue weighted by molar-refractivity contribution is -0.148. The van der Waals surface area contributed by atoms with E-state index in [0.717, 1.165) is 36.9 Å². The molecule has 0 aliphatic heterocycles. The molecule has 3 N–H and O–H groups in total. The van der Waals surface area contributed by atoms with Gasteiger partial charge in [-0.05, 0) is 44.6 Å². The second kappa shape index (κ2) is 20.9. The molecular weight excluding hydrogens is 488 g/mol. The Kier molecular flexibility index (Phi) is 17.8. The van der Waals surface area contributed by atoms with Gasteiger partial charge in [0.1, 0.15) is 12.6 Å². The summed E-state index contributed by atoms with van der Waals surface area (Å²) in [6.07, 6.45) is 22.0. The number of benzene rings is 1. The van der Waals surface area contributed by atoms with Crippen molar-refractivity contribution in [2.45, 2.75) is 148 Å². The summed E-state index contributed by atoms with van der Waals surface area (Å²) in [5.74, 6) is -1.64. The molecule has 0 amide bonds. The Morgan fingerprint density at radius 1 is 0.872 bits per heavy atom. The molecule has 222 valence electrons. The average molecular weight is 545 g/mol. The van der Waals surface area contributed by atoms with Crippen LogP contribution in [0.15, 0.2) is 30.3 Å². The van der Waals surface area contributed by atoms with Crippen molar-refractivity contribution in [3.8, 4) is 0 Å². The summed E-state index contributed by atoms with van der Waals surface area (Å²) in [5, 5.41) is 16.2. The summed E-state index contributed by atoms with van der Waals surface area (Å²) in [5.41, 5.74) is 0.930. The van der Waals surface area contributed by atoms with Gasteiger partial charge in [-0.25, -0.2) is 0 Å². The predicted octanol–water partition coefficient (Wildman–Crippen LogP) is 7.40. The van der Waals surface area contributed by atoms with Crippen LogP contribution in [0.25, 0.3) is 0 Å². The Bertz CT molecular complexity index is 744. The van der Waals surface area contributed by atoms with E-state index in [4.69, 9.17) is 4.74 Å². The molecule has 2 saturated carbocycles. The number of carbonyl (C=O) groups is 2. The molecule has 2 atom stereocenters. The molecule has 2 aliphatic rings. The lowest BCUT2D eigenvalue weighted by Gasteiger charge is -2.30. The highest BCUT2D eigenvalue weighted by molar-refractivity contribution is 5.75. The van der Waals surface area contributed by atoms with E-state index >= 15 is 0 Å². The lowest BCUT2D eigenvalue weighted by atomic mass is 9.91. The lowest BCUT2D eigenvalue weighted by Crippen LogP contribution is -2.40. The van der Waals surface area contributed by atoms with Crippen LogP contribution in [0.5, 0.6) is 0 Å². The molecular formula is C33H56N2O4. The molecule has 39 heavy (non-hydrogen) atoms. The molecule has 0 heterocycles. The van der Waals surface area contributed by atoms with Crippen molar-refractivity contribution in [3.05, 3.63) is 35.9 Å². The Labute approximate surface area is 238 Å². The van der Waals surface area contributed by atoms with Gasteiger partial charge in [-0.15, -0.1) is 0 Å². The first kappa shape index (κ1) is 33.3. The molecule has 3 rings (SSSR count). The second-order valence-electron chi connectivity index (χ2n) is 11.7. The van der Waals surface area contributed by atoms with Crippen LogP contribution in [0.2, 0.25) is 0 Å². The summed E-state index contributed by atoms with van der Waals surface area (Å²) in [6, 6.07) is 10.7. The highest BCUT2D eigenvalue weighted by Gasteiger charge is 2.21. The van der Waals surface area contributed by atoms with Gasteiger partial charge >= 0.3 is 11.9 Å². The average Bonchev–Trinajstić information content (AvgIpc) is 2.96. The number of carbonyl (C=O) groups excluding carboxylic acids is 1. The van der Waals surface area contributed by atoms with Crippen molar-refractivity contribution >= 4 is 11.9 Å². The van der Waals surface area contributed by atoms with Crippen LogP contribution in [-0.2, 0) is 20.9 Å². The van der Waals surface area contributed by atoms with Crippen molar-refractivity contribution in [2.24, 2.45) is 5.92 Å². The van der Waals surface area contributed by atoms with Crippen molar-refractivity contribution in [3.63, 3.8) is 0 Å².